The van der Waals surface area contributed by atoms with Crippen molar-refractivity contribution in [2.45, 2.75) is 149 Å². The standard InChI is InChI=1S/C24H50.C2H3Cl/c1-4-6-8-9-10-11-12-13-14-15-16-17-18-19-20-21-23-24(3)22-7-5-2;1-2-3/h24H,4-23H2,1-3H3;2H,1H2. The Labute approximate surface area is 178 Å². The fourth-order valence-corrected chi connectivity index (χ4v) is 3.74. The van der Waals surface area contributed by atoms with Crippen LogP contribution in [0.2, 0.25) is 0 Å². The van der Waals surface area contributed by atoms with Crippen molar-refractivity contribution >= 4 is 11.6 Å². The highest BCUT2D eigenvalue weighted by Crippen LogP contribution is 2.17. The predicted molar refractivity (Wildman–Crippen MR) is 129 cm³/mol. The number of unbranched alkanes of at least 4 members (excludes halogenated alkanes) is 16. The third-order valence-electron chi connectivity index (χ3n) is 5.60. The lowest BCUT2D eigenvalue weighted by molar-refractivity contribution is 0.440. The summed E-state index contributed by atoms with van der Waals surface area (Å²) in [5, 5.41) is 0. The Kier molecular flexibility index (Phi) is 30.6. The molecule has 0 saturated carbocycles. The Morgan fingerprint density at radius 3 is 1.15 bits per heavy atom. The van der Waals surface area contributed by atoms with E-state index in [0.29, 0.717) is 0 Å². The first-order valence-corrected chi connectivity index (χ1v) is 12.9. The fraction of sp³-hybridized carbons (Fsp3) is 0.923. The Morgan fingerprint density at radius 2 is 0.815 bits per heavy atom. The van der Waals surface area contributed by atoms with Crippen molar-refractivity contribution in [2.24, 2.45) is 5.92 Å². The number of rotatable bonds is 20. The van der Waals surface area contributed by atoms with Crippen molar-refractivity contribution in [3.63, 3.8) is 0 Å². The third-order valence-corrected chi connectivity index (χ3v) is 5.60. The average Bonchev–Trinajstić information content (AvgIpc) is 2.66. The zero-order valence-electron chi connectivity index (χ0n) is 19.4. The monoisotopic (exact) mass is 400 g/mol. The molecule has 0 nitrogen and oxygen atoms in total. The summed E-state index contributed by atoms with van der Waals surface area (Å²) < 4.78 is 0. The minimum absolute atomic E-state index is 0.969. The lowest BCUT2D eigenvalue weighted by Gasteiger charge is -2.10. The van der Waals surface area contributed by atoms with Crippen LogP contribution in [0.5, 0.6) is 0 Å². The minimum atomic E-state index is 0.969. The van der Waals surface area contributed by atoms with E-state index in [4.69, 9.17) is 11.6 Å². The molecule has 0 N–H and O–H groups in total. The zero-order valence-corrected chi connectivity index (χ0v) is 20.1. The minimum Gasteiger partial charge on any atom is -0.0936 e. The molecule has 0 rings (SSSR count). The second-order valence-corrected chi connectivity index (χ2v) is 8.80. The molecule has 0 aromatic carbocycles. The molecular formula is C26H53Cl. The molecule has 1 heteroatoms. The molecule has 0 aliphatic carbocycles. The van der Waals surface area contributed by atoms with Gasteiger partial charge in [-0.15, -0.1) is 0 Å². The molecule has 0 aliphatic heterocycles. The van der Waals surface area contributed by atoms with Gasteiger partial charge in [0.1, 0.15) is 0 Å². The van der Waals surface area contributed by atoms with E-state index >= 15 is 0 Å². The molecule has 0 amide bonds. The maximum atomic E-state index is 4.76. The summed E-state index contributed by atoms with van der Waals surface area (Å²) >= 11 is 4.76. The van der Waals surface area contributed by atoms with Crippen LogP contribution in [0.3, 0.4) is 0 Å². The molecule has 1 unspecified atom stereocenters. The number of hydrogen-bond acceptors (Lipinski definition) is 0. The van der Waals surface area contributed by atoms with Crippen LogP contribution in [0.15, 0.2) is 12.1 Å². The van der Waals surface area contributed by atoms with Crippen LogP contribution in [0.1, 0.15) is 149 Å². The quantitative estimate of drug-likeness (QED) is 0.178. The van der Waals surface area contributed by atoms with Gasteiger partial charge in [-0.05, 0) is 11.5 Å². The largest absolute Gasteiger partial charge is 0.0936 e. The maximum absolute atomic E-state index is 4.76. The molecule has 27 heavy (non-hydrogen) atoms. The van der Waals surface area contributed by atoms with Crippen molar-refractivity contribution in [3.05, 3.63) is 12.1 Å². The number of hydrogen-bond donors (Lipinski definition) is 0. The van der Waals surface area contributed by atoms with Gasteiger partial charge in [0.05, 0.1) is 0 Å². The van der Waals surface area contributed by atoms with Crippen LogP contribution in [-0.4, -0.2) is 0 Å². The average molecular weight is 401 g/mol. The molecule has 0 aromatic heterocycles. The molecule has 164 valence electrons. The van der Waals surface area contributed by atoms with E-state index in [9.17, 15) is 0 Å². The zero-order chi connectivity index (χ0) is 20.4. The van der Waals surface area contributed by atoms with E-state index in [-0.39, 0.29) is 0 Å². The van der Waals surface area contributed by atoms with Crippen LogP contribution < -0.4 is 0 Å². The Balaban J connectivity index is 0. The topological polar surface area (TPSA) is 0 Å². The molecule has 0 heterocycles. The lowest BCUT2D eigenvalue weighted by Crippen LogP contribution is -1.94. The molecular weight excluding hydrogens is 348 g/mol. The van der Waals surface area contributed by atoms with Crippen molar-refractivity contribution in [1.29, 1.82) is 0 Å². The van der Waals surface area contributed by atoms with Crippen molar-refractivity contribution < 1.29 is 0 Å². The Hall–Kier alpha value is 0.0300. The summed E-state index contributed by atoms with van der Waals surface area (Å²) in [4.78, 5) is 0. The fourth-order valence-electron chi connectivity index (χ4n) is 3.74. The van der Waals surface area contributed by atoms with E-state index in [1.165, 1.54) is 134 Å². The molecule has 0 aliphatic rings. The van der Waals surface area contributed by atoms with Gasteiger partial charge in [-0.3, -0.25) is 0 Å². The van der Waals surface area contributed by atoms with E-state index < -0.39 is 0 Å². The molecule has 0 saturated heterocycles. The summed E-state index contributed by atoms with van der Waals surface area (Å²) in [6.45, 7) is 10.2. The van der Waals surface area contributed by atoms with E-state index in [1.54, 1.807) is 0 Å². The first-order valence-electron chi connectivity index (χ1n) is 12.4. The maximum Gasteiger partial charge on any atom is -0.00296 e. The van der Waals surface area contributed by atoms with Crippen molar-refractivity contribution in [3.8, 4) is 0 Å². The lowest BCUT2D eigenvalue weighted by atomic mass is 9.97. The van der Waals surface area contributed by atoms with Gasteiger partial charge in [0, 0.05) is 0 Å². The van der Waals surface area contributed by atoms with Gasteiger partial charge in [-0.2, -0.15) is 0 Å². The van der Waals surface area contributed by atoms with E-state index in [2.05, 4.69) is 27.4 Å². The van der Waals surface area contributed by atoms with Crippen LogP contribution >= 0.6 is 11.6 Å². The van der Waals surface area contributed by atoms with Crippen LogP contribution in [-0.2, 0) is 0 Å². The second-order valence-electron chi connectivity index (χ2n) is 8.49. The highest BCUT2D eigenvalue weighted by Gasteiger charge is 2.01. The Morgan fingerprint density at radius 1 is 0.556 bits per heavy atom. The van der Waals surface area contributed by atoms with E-state index in [1.807, 2.05) is 0 Å². The molecule has 0 radical (unpaired) electrons. The number of halogens is 1. The smallest absolute Gasteiger partial charge is 0.00296 e. The van der Waals surface area contributed by atoms with Crippen LogP contribution in [0, 0.1) is 5.92 Å². The Bertz CT molecular complexity index is 249. The van der Waals surface area contributed by atoms with Crippen LogP contribution in [0.4, 0.5) is 0 Å². The summed E-state index contributed by atoms with van der Waals surface area (Å²) in [5.74, 6) is 0.969. The molecule has 0 aromatic rings. The summed E-state index contributed by atoms with van der Waals surface area (Å²) in [6, 6.07) is 0. The normalized spacial score (nSPS) is 11.7. The molecule has 0 spiro atoms. The van der Waals surface area contributed by atoms with Crippen LogP contribution in [0.25, 0.3) is 0 Å². The van der Waals surface area contributed by atoms with Gasteiger partial charge in [0.25, 0.3) is 0 Å². The third kappa shape index (κ3) is 31.0. The van der Waals surface area contributed by atoms with Crippen molar-refractivity contribution in [1.82, 2.24) is 0 Å². The summed E-state index contributed by atoms with van der Waals surface area (Å²) in [5.41, 5.74) is 1.22. The highest BCUT2D eigenvalue weighted by atomic mass is 35.5. The van der Waals surface area contributed by atoms with Gasteiger partial charge in [0.2, 0.25) is 0 Å². The first-order chi connectivity index (χ1) is 13.2. The second kappa shape index (κ2) is 28.2. The summed E-state index contributed by atoms with van der Waals surface area (Å²) in [6.07, 6.45) is 29.3. The predicted octanol–water partition coefficient (Wildman–Crippen LogP) is 10.8. The van der Waals surface area contributed by atoms with Gasteiger partial charge < -0.3 is 0 Å². The summed E-state index contributed by atoms with van der Waals surface area (Å²) in [7, 11) is 0. The van der Waals surface area contributed by atoms with E-state index in [0.717, 1.165) is 5.92 Å². The SMILES string of the molecule is C=CCl.CCCCCCCCCCCCCCCCCCC(C)CCCC. The van der Waals surface area contributed by atoms with Gasteiger partial charge in [-0.25, -0.2) is 0 Å². The molecule has 0 fully saturated rings. The van der Waals surface area contributed by atoms with Crippen molar-refractivity contribution in [2.75, 3.05) is 0 Å². The highest BCUT2D eigenvalue weighted by molar-refractivity contribution is 6.25. The van der Waals surface area contributed by atoms with Gasteiger partial charge >= 0.3 is 0 Å². The van der Waals surface area contributed by atoms with Gasteiger partial charge in [0.15, 0.2) is 0 Å². The molecule has 0 bridgehead atoms. The van der Waals surface area contributed by atoms with Gasteiger partial charge in [-0.1, -0.05) is 167 Å². The molecule has 1 atom stereocenters. The first kappa shape index (κ1) is 29.2.